The van der Waals surface area contributed by atoms with Crippen LogP contribution < -0.4 is 0 Å². The molecule has 1 aromatic heterocycles. The Balaban J connectivity index is 0.953. The van der Waals surface area contributed by atoms with Gasteiger partial charge in [-0.3, -0.25) is 0 Å². The lowest BCUT2D eigenvalue weighted by Gasteiger charge is -2.17. The summed E-state index contributed by atoms with van der Waals surface area (Å²) in [6.07, 6.45) is 0. The molecule has 0 bridgehead atoms. The van der Waals surface area contributed by atoms with Crippen LogP contribution in [0.5, 0.6) is 0 Å². The standard InChI is InChI=1S/C60H34O/c1-3-14-44-38(10-1)30-39-11-2-4-15-45(39)58(44)41-13-9-12-37(31-41)42-25-20-35-23-28-51-43(26-21-36-22-27-50(42)59(35)60(36)51)40-24-29-56-54(32-40)55-33-52-48-18-7-5-16-46(48)47-17-6-8-19-49(47)53(52)34-57(55)61-56/h1-34H. The number of benzene rings is 13. The van der Waals surface area contributed by atoms with Crippen molar-refractivity contribution in [1.29, 1.82) is 0 Å². The Labute approximate surface area is 350 Å². The van der Waals surface area contributed by atoms with E-state index in [-0.39, 0.29) is 0 Å². The van der Waals surface area contributed by atoms with Gasteiger partial charge in [-0.15, -0.1) is 0 Å². The van der Waals surface area contributed by atoms with Crippen LogP contribution in [-0.2, 0) is 0 Å². The van der Waals surface area contributed by atoms with Gasteiger partial charge in [-0.1, -0.05) is 170 Å². The summed E-state index contributed by atoms with van der Waals surface area (Å²) in [5, 5.41) is 22.6. The van der Waals surface area contributed by atoms with Crippen molar-refractivity contribution in [1.82, 2.24) is 0 Å². The molecule has 14 aromatic rings. The second-order valence-corrected chi connectivity index (χ2v) is 16.7. The Morgan fingerprint density at radius 2 is 0.721 bits per heavy atom. The molecule has 1 nitrogen and oxygen atoms in total. The zero-order valence-electron chi connectivity index (χ0n) is 33.0. The van der Waals surface area contributed by atoms with Crippen LogP contribution in [0, 0.1) is 0 Å². The van der Waals surface area contributed by atoms with E-state index in [0.717, 1.165) is 21.9 Å². The van der Waals surface area contributed by atoms with E-state index in [1.165, 1.54) is 120 Å². The first-order valence-corrected chi connectivity index (χ1v) is 21.2. The maximum absolute atomic E-state index is 6.63. The molecule has 0 fully saturated rings. The van der Waals surface area contributed by atoms with Crippen molar-refractivity contribution in [2.45, 2.75) is 0 Å². The molecule has 14 rings (SSSR count). The lowest BCUT2D eigenvalue weighted by Crippen LogP contribution is -1.90. The van der Waals surface area contributed by atoms with Crippen LogP contribution in [0.1, 0.15) is 0 Å². The van der Waals surface area contributed by atoms with E-state index in [0.29, 0.717) is 0 Å². The summed E-state index contributed by atoms with van der Waals surface area (Å²) in [6, 6.07) is 76.4. The monoisotopic (exact) mass is 770 g/mol. The lowest BCUT2D eigenvalue weighted by atomic mass is 9.86. The molecule has 0 spiro atoms. The first-order chi connectivity index (χ1) is 30.2. The molecule has 0 aliphatic carbocycles. The molecule has 0 amide bonds. The zero-order chi connectivity index (χ0) is 39.8. The smallest absolute Gasteiger partial charge is 0.136 e. The van der Waals surface area contributed by atoms with Gasteiger partial charge >= 0.3 is 0 Å². The largest absolute Gasteiger partial charge is 0.456 e. The lowest BCUT2D eigenvalue weighted by molar-refractivity contribution is 0.669. The molecule has 1 heteroatoms. The molecule has 0 saturated carbocycles. The quantitative estimate of drug-likeness (QED) is 0.129. The van der Waals surface area contributed by atoms with Crippen molar-refractivity contribution in [2.75, 3.05) is 0 Å². The fraction of sp³-hybridized carbons (Fsp3) is 0. The van der Waals surface area contributed by atoms with Gasteiger partial charge < -0.3 is 4.42 Å². The topological polar surface area (TPSA) is 13.1 Å². The summed E-state index contributed by atoms with van der Waals surface area (Å²) in [5.41, 5.74) is 9.23. The average molecular weight is 771 g/mol. The Morgan fingerprint density at radius 3 is 1.34 bits per heavy atom. The summed E-state index contributed by atoms with van der Waals surface area (Å²) in [6.45, 7) is 0. The average Bonchev–Trinajstić information content (AvgIpc) is 3.68. The van der Waals surface area contributed by atoms with Crippen LogP contribution in [-0.4, -0.2) is 0 Å². The maximum atomic E-state index is 6.63. The minimum absolute atomic E-state index is 0.906. The highest BCUT2D eigenvalue weighted by Gasteiger charge is 2.19. The van der Waals surface area contributed by atoms with Gasteiger partial charge in [0.1, 0.15) is 11.2 Å². The minimum atomic E-state index is 0.906. The van der Waals surface area contributed by atoms with Crippen LogP contribution in [0.2, 0.25) is 0 Å². The van der Waals surface area contributed by atoms with Crippen molar-refractivity contribution in [2.24, 2.45) is 0 Å². The Kier molecular flexibility index (Phi) is 6.62. The molecular formula is C60H34O. The molecular weight excluding hydrogens is 737 g/mol. The highest BCUT2D eigenvalue weighted by atomic mass is 16.3. The highest BCUT2D eigenvalue weighted by Crippen LogP contribution is 2.46. The van der Waals surface area contributed by atoms with Gasteiger partial charge in [0, 0.05) is 10.8 Å². The van der Waals surface area contributed by atoms with Crippen molar-refractivity contribution >= 4 is 108 Å². The zero-order valence-corrected chi connectivity index (χ0v) is 33.0. The van der Waals surface area contributed by atoms with Gasteiger partial charge in [-0.25, -0.2) is 0 Å². The molecule has 0 aliphatic heterocycles. The van der Waals surface area contributed by atoms with E-state index >= 15 is 0 Å². The fourth-order valence-electron chi connectivity index (χ4n) is 10.8. The summed E-state index contributed by atoms with van der Waals surface area (Å²) >= 11 is 0. The van der Waals surface area contributed by atoms with Crippen LogP contribution in [0.4, 0.5) is 0 Å². The molecule has 280 valence electrons. The second-order valence-electron chi connectivity index (χ2n) is 16.7. The van der Waals surface area contributed by atoms with Crippen molar-refractivity contribution in [3.63, 3.8) is 0 Å². The summed E-state index contributed by atoms with van der Waals surface area (Å²) in [5.74, 6) is 0. The van der Waals surface area contributed by atoms with Crippen molar-refractivity contribution < 1.29 is 4.42 Å². The van der Waals surface area contributed by atoms with E-state index in [1.807, 2.05) is 0 Å². The predicted molar refractivity (Wildman–Crippen MR) is 261 cm³/mol. The predicted octanol–water partition coefficient (Wildman–Crippen LogP) is 17.3. The van der Waals surface area contributed by atoms with Crippen molar-refractivity contribution in [3.05, 3.63) is 206 Å². The maximum Gasteiger partial charge on any atom is 0.136 e. The number of furan rings is 1. The summed E-state index contributed by atoms with van der Waals surface area (Å²) in [7, 11) is 0. The first-order valence-electron chi connectivity index (χ1n) is 21.2. The SMILES string of the molecule is c1cc(-c2c3ccccc3cc3ccccc23)cc(-c2ccc3ccc4c(-c5ccc6oc7cc8c9ccccc9c9ccccc9c8cc7c6c5)ccc5ccc2c3c54)c1. The Morgan fingerprint density at radius 1 is 0.230 bits per heavy atom. The molecule has 0 atom stereocenters. The number of hydrogen-bond donors (Lipinski definition) is 0. The van der Waals surface area contributed by atoms with Gasteiger partial charge in [-0.2, -0.15) is 0 Å². The van der Waals surface area contributed by atoms with Gasteiger partial charge in [-0.05, 0) is 156 Å². The molecule has 0 saturated heterocycles. The third-order valence-electron chi connectivity index (χ3n) is 13.5. The third-order valence-corrected chi connectivity index (χ3v) is 13.5. The van der Waals surface area contributed by atoms with Crippen molar-refractivity contribution in [3.8, 4) is 33.4 Å². The van der Waals surface area contributed by atoms with E-state index in [2.05, 4.69) is 206 Å². The fourth-order valence-corrected chi connectivity index (χ4v) is 10.8. The van der Waals surface area contributed by atoms with E-state index in [4.69, 9.17) is 4.42 Å². The number of rotatable bonds is 3. The van der Waals surface area contributed by atoms with E-state index in [1.54, 1.807) is 0 Å². The molecule has 0 unspecified atom stereocenters. The highest BCUT2D eigenvalue weighted by molar-refractivity contribution is 6.30. The van der Waals surface area contributed by atoms with Crippen LogP contribution in [0.25, 0.3) is 141 Å². The van der Waals surface area contributed by atoms with Gasteiger partial charge in [0.25, 0.3) is 0 Å². The molecule has 1 heterocycles. The Bertz CT molecular complexity index is 4110. The number of fused-ring (bicyclic) bond motifs is 11. The third kappa shape index (κ3) is 4.66. The van der Waals surface area contributed by atoms with E-state index in [9.17, 15) is 0 Å². The molecule has 61 heavy (non-hydrogen) atoms. The second kappa shape index (κ2) is 12.3. The van der Waals surface area contributed by atoms with Gasteiger partial charge in [0.15, 0.2) is 0 Å². The molecule has 13 aromatic carbocycles. The van der Waals surface area contributed by atoms with Crippen LogP contribution in [0.15, 0.2) is 211 Å². The number of hydrogen-bond acceptors (Lipinski definition) is 1. The molecule has 0 radical (unpaired) electrons. The van der Waals surface area contributed by atoms with E-state index < -0.39 is 0 Å². The first kappa shape index (κ1) is 32.9. The normalized spacial score (nSPS) is 12.3. The minimum Gasteiger partial charge on any atom is -0.456 e. The Hall–Kier alpha value is -8.00. The summed E-state index contributed by atoms with van der Waals surface area (Å²) < 4.78 is 6.63. The molecule has 0 aliphatic rings. The summed E-state index contributed by atoms with van der Waals surface area (Å²) in [4.78, 5) is 0. The van der Waals surface area contributed by atoms with Gasteiger partial charge in [0.05, 0.1) is 0 Å². The van der Waals surface area contributed by atoms with Gasteiger partial charge in [0.2, 0.25) is 0 Å². The van der Waals surface area contributed by atoms with Crippen LogP contribution >= 0.6 is 0 Å². The molecule has 0 N–H and O–H groups in total. The van der Waals surface area contributed by atoms with Crippen LogP contribution in [0.3, 0.4) is 0 Å².